The van der Waals surface area contributed by atoms with Crippen molar-refractivity contribution < 1.29 is 19.4 Å². The van der Waals surface area contributed by atoms with Crippen LogP contribution in [0.25, 0.3) is 0 Å². The molecule has 2 aromatic rings. The maximum Gasteiger partial charge on any atom is 0.269 e. The van der Waals surface area contributed by atoms with Gasteiger partial charge in [0, 0.05) is 36.5 Å². The van der Waals surface area contributed by atoms with Gasteiger partial charge in [0.2, 0.25) is 0 Å². The predicted molar refractivity (Wildman–Crippen MR) is 92.4 cm³/mol. The fourth-order valence-corrected chi connectivity index (χ4v) is 2.84. The molecule has 0 aromatic heterocycles. The summed E-state index contributed by atoms with van der Waals surface area (Å²) in [6.07, 6.45) is 1.38. The van der Waals surface area contributed by atoms with Crippen LogP contribution in [0.4, 0.5) is 17.1 Å². The minimum Gasteiger partial charge on any atom is -0.484 e. The number of non-ortho nitro benzene ring substituents is 2. The Balaban J connectivity index is 1.69. The summed E-state index contributed by atoms with van der Waals surface area (Å²) < 4.78 is 5.41. The lowest BCUT2D eigenvalue weighted by molar-refractivity contribution is -0.385. The Hall–Kier alpha value is -3.49. The first kappa shape index (κ1) is 17.3. The van der Waals surface area contributed by atoms with Crippen molar-refractivity contribution >= 4 is 23.0 Å². The van der Waals surface area contributed by atoms with Crippen LogP contribution in [0.1, 0.15) is 12.0 Å². The van der Waals surface area contributed by atoms with Crippen LogP contribution in [0.2, 0.25) is 0 Å². The zero-order valence-electron chi connectivity index (χ0n) is 13.7. The minimum atomic E-state index is -0.515. The number of hydrogen-bond donors (Lipinski definition) is 0. The van der Waals surface area contributed by atoms with Gasteiger partial charge in [0.15, 0.2) is 6.61 Å². The minimum absolute atomic E-state index is 0.000166. The molecule has 0 N–H and O–H groups in total. The van der Waals surface area contributed by atoms with Gasteiger partial charge < -0.3 is 9.64 Å². The van der Waals surface area contributed by atoms with Crippen LogP contribution in [0, 0.1) is 20.2 Å². The zero-order chi connectivity index (χ0) is 18.7. The molecule has 0 saturated heterocycles. The number of aryl methyl sites for hydroxylation is 1. The number of benzene rings is 2. The number of ether oxygens (including phenoxy) is 1. The van der Waals surface area contributed by atoms with Crippen molar-refractivity contribution in [2.75, 3.05) is 18.1 Å². The van der Waals surface area contributed by atoms with E-state index in [1.165, 1.54) is 36.4 Å². The maximum atomic E-state index is 12.5. The first-order valence-electron chi connectivity index (χ1n) is 7.90. The molecule has 9 nitrogen and oxygen atoms in total. The molecule has 1 amide bonds. The molecule has 0 unspecified atom stereocenters. The highest BCUT2D eigenvalue weighted by atomic mass is 16.6. The van der Waals surface area contributed by atoms with E-state index in [9.17, 15) is 25.0 Å². The summed E-state index contributed by atoms with van der Waals surface area (Å²) >= 11 is 0. The summed E-state index contributed by atoms with van der Waals surface area (Å²) in [4.78, 5) is 34.6. The van der Waals surface area contributed by atoms with Gasteiger partial charge in [-0.1, -0.05) is 0 Å². The van der Waals surface area contributed by atoms with E-state index in [0.717, 1.165) is 5.56 Å². The molecule has 134 valence electrons. The van der Waals surface area contributed by atoms with Gasteiger partial charge in [-0.15, -0.1) is 0 Å². The number of carbonyl (C=O) groups excluding carboxylic acids is 1. The molecular formula is C17H15N3O6. The Kier molecular flexibility index (Phi) is 4.78. The first-order chi connectivity index (χ1) is 12.5. The van der Waals surface area contributed by atoms with Gasteiger partial charge in [0.25, 0.3) is 17.3 Å². The molecule has 1 heterocycles. The fourth-order valence-electron chi connectivity index (χ4n) is 2.84. The second-order valence-electron chi connectivity index (χ2n) is 5.76. The van der Waals surface area contributed by atoms with Gasteiger partial charge >= 0.3 is 0 Å². The lowest BCUT2D eigenvalue weighted by Gasteiger charge is -2.29. The van der Waals surface area contributed by atoms with E-state index in [2.05, 4.69) is 0 Å². The quantitative estimate of drug-likeness (QED) is 0.600. The van der Waals surface area contributed by atoms with Gasteiger partial charge in [-0.2, -0.15) is 0 Å². The molecule has 1 aliphatic heterocycles. The van der Waals surface area contributed by atoms with Crippen molar-refractivity contribution in [3.63, 3.8) is 0 Å². The number of nitro benzene ring substituents is 2. The molecule has 0 spiro atoms. The monoisotopic (exact) mass is 357 g/mol. The van der Waals surface area contributed by atoms with Crippen molar-refractivity contribution in [1.29, 1.82) is 0 Å². The molecule has 3 rings (SSSR count). The molecule has 0 bridgehead atoms. The molecule has 0 radical (unpaired) electrons. The van der Waals surface area contributed by atoms with E-state index in [0.29, 0.717) is 30.8 Å². The first-order valence-corrected chi connectivity index (χ1v) is 7.90. The number of nitro groups is 2. The van der Waals surface area contributed by atoms with E-state index in [-0.39, 0.29) is 23.9 Å². The van der Waals surface area contributed by atoms with E-state index in [1.54, 1.807) is 11.0 Å². The van der Waals surface area contributed by atoms with Gasteiger partial charge in [-0.25, -0.2) is 0 Å². The Morgan fingerprint density at radius 3 is 2.35 bits per heavy atom. The maximum absolute atomic E-state index is 12.5. The third-order valence-corrected chi connectivity index (χ3v) is 4.10. The van der Waals surface area contributed by atoms with Crippen LogP contribution < -0.4 is 9.64 Å². The smallest absolute Gasteiger partial charge is 0.269 e. The van der Waals surface area contributed by atoms with Crippen molar-refractivity contribution in [3.8, 4) is 5.75 Å². The van der Waals surface area contributed by atoms with E-state index < -0.39 is 9.85 Å². The van der Waals surface area contributed by atoms with Gasteiger partial charge in [-0.05, 0) is 36.6 Å². The van der Waals surface area contributed by atoms with Gasteiger partial charge in [0.1, 0.15) is 5.75 Å². The van der Waals surface area contributed by atoms with Crippen molar-refractivity contribution in [1.82, 2.24) is 0 Å². The number of hydrogen-bond acceptors (Lipinski definition) is 6. The normalized spacial score (nSPS) is 13.0. The summed E-state index contributed by atoms with van der Waals surface area (Å²) in [5.74, 6) is 0.0723. The van der Waals surface area contributed by atoms with Gasteiger partial charge in [0.05, 0.1) is 9.85 Å². The molecule has 1 aliphatic rings. The molecule has 0 atom stereocenters. The van der Waals surface area contributed by atoms with Crippen LogP contribution in [0.15, 0.2) is 42.5 Å². The third-order valence-electron chi connectivity index (χ3n) is 4.10. The summed E-state index contributed by atoms with van der Waals surface area (Å²) in [6, 6.07) is 9.91. The van der Waals surface area contributed by atoms with E-state index >= 15 is 0 Å². The summed E-state index contributed by atoms with van der Waals surface area (Å²) in [5, 5.41) is 21.5. The van der Waals surface area contributed by atoms with E-state index in [1.807, 2.05) is 0 Å². The topological polar surface area (TPSA) is 116 Å². The number of nitrogens with zero attached hydrogens (tertiary/aromatic N) is 3. The number of rotatable bonds is 5. The summed E-state index contributed by atoms with van der Waals surface area (Å²) in [7, 11) is 0. The zero-order valence-corrected chi connectivity index (χ0v) is 13.7. The molecule has 26 heavy (non-hydrogen) atoms. The van der Waals surface area contributed by atoms with Crippen LogP contribution in [0.3, 0.4) is 0 Å². The second-order valence-corrected chi connectivity index (χ2v) is 5.76. The Labute approximate surface area is 148 Å². The number of anilines is 1. The van der Waals surface area contributed by atoms with Crippen molar-refractivity contribution in [3.05, 3.63) is 68.3 Å². The number of amides is 1. The van der Waals surface area contributed by atoms with Crippen molar-refractivity contribution in [2.24, 2.45) is 0 Å². The molecule has 0 fully saturated rings. The summed E-state index contributed by atoms with van der Waals surface area (Å²) in [5.41, 5.74) is 1.35. The average Bonchev–Trinajstić information content (AvgIpc) is 2.65. The van der Waals surface area contributed by atoms with Crippen molar-refractivity contribution in [2.45, 2.75) is 12.8 Å². The molecule has 9 heteroatoms. The Bertz CT molecular complexity index is 865. The highest BCUT2D eigenvalue weighted by Crippen LogP contribution is 2.30. The van der Waals surface area contributed by atoms with Crippen LogP contribution in [0.5, 0.6) is 5.75 Å². The van der Waals surface area contributed by atoms with Crippen LogP contribution in [-0.2, 0) is 11.2 Å². The fraction of sp³-hybridized carbons (Fsp3) is 0.235. The van der Waals surface area contributed by atoms with Crippen LogP contribution >= 0.6 is 0 Å². The third kappa shape index (κ3) is 3.61. The number of carbonyl (C=O) groups is 1. The Morgan fingerprint density at radius 2 is 1.69 bits per heavy atom. The molecule has 0 saturated carbocycles. The second kappa shape index (κ2) is 7.18. The molecule has 0 aliphatic carbocycles. The highest BCUT2D eigenvalue weighted by molar-refractivity contribution is 5.95. The van der Waals surface area contributed by atoms with Gasteiger partial charge in [-0.3, -0.25) is 25.0 Å². The average molecular weight is 357 g/mol. The lowest BCUT2D eigenvalue weighted by Crippen LogP contribution is -2.38. The SMILES string of the molecule is O=C(COc1ccc([N+](=O)[O-])cc1)N1CCCc2cc([N+](=O)[O-])ccc21. The lowest BCUT2D eigenvalue weighted by atomic mass is 10.0. The molecular weight excluding hydrogens is 342 g/mol. The van der Waals surface area contributed by atoms with E-state index in [4.69, 9.17) is 4.74 Å². The largest absolute Gasteiger partial charge is 0.484 e. The molecule has 2 aromatic carbocycles. The highest BCUT2D eigenvalue weighted by Gasteiger charge is 2.24. The standard InChI is InChI=1S/C17H15N3O6/c21-17(11-26-15-6-3-13(4-7-15)19(22)23)18-9-1-2-12-10-14(20(24)25)5-8-16(12)18/h3-8,10H,1-2,9,11H2. The Morgan fingerprint density at radius 1 is 1.04 bits per heavy atom. The predicted octanol–water partition coefficient (Wildman–Crippen LogP) is 2.86. The van der Waals surface area contributed by atoms with Crippen LogP contribution in [-0.4, -0.2) is 28.9 Å². The number of fused-ring (bicyclic) bond motifs is 1. The summed E-state index contributed by atoms with van der Waals surface area (Å²) in [6.45, 7) is 0.279.